The number of sulfonamides is 1. The van der Waals surface area contributed by atoms with E-state index in [9.17, 15) is 39.6 Å². The minimum absolute atomic E-state index is 0.0191. The van der Waals surface area contributed by atoms with Crippen molar-refractivity contribution in [2.75, 3.05) is 24.5 Å². The van der Waals surface area contributed by atoms with E-state index in [0.29, 0.717) is 23.1 Å². The molecule has 15 heteroatoms. The van der Waals surface area contributed by atoms with E-state index in [1.165, 1.54) is 60.3 Å². The molecule has 0 saturated heterocycles. The molecular formula is C27H36F3N3O6S3. The van der Waals surface area contributed by atoms with Gasteiger partial charge in [0, 0.05) is 6.26 Å². The van der Waals surface area contributed by atoms with E-state index in [1.807, 2.05) is 0 Å². The fourth-order valence-corrected chi connectivity index (χ4v) is 6.19. The van der Waals surface area contributed by atoms with Crippen molar-refractivity contribution < 1.29 is 39.6 Å². The molecular weight excluding hydrogens is 616 g/mol. The van der Waals surface area contributed by atoms with E-state index in [2.05, 4.69) is 5.32 Å². The second-order valence-corrected chi connectivity index (χ2v) is 15.2. The lowest BCUT2D eigenvalue weighted by molar-refractivity contribution is -0.162. The van der Waals surface area contributed by atoms with Gasteiger partial charge in [-0.05, 0) is 59.6 Å². The Morgan fingerprint density at radius 3 is 1.83 bits per heavy atom. The zero-order valence-electron chi connectivity index (χ0n) is 23.9. The molecule has 0 radical (unpaired) electrons. The van der Waals surface area contributed by atoms with Crippen molar-refractivity contribution in [2.45, 2.75) is 55.9 Å². The molecule has 3 N–H and O–H groups in total. The van der Waals surface area contributed by atoms with Crippen molar-refractivity contribution in [2.24, 2.45) is 11.7 Å². The lowest BCUT2D eigenvalue weighted by Crippen LogP contribution is -2.57. The maximum Gasteiger partial charge on any atom is 0.407 e. The molecule has 2 rings (SSSR count). The fraction of sp³-hybridized carbons (Fsp3) is 0.481. The number of carbonyl (C=O) groups excluding carboxylic acids is 2. The molecule has 0 fully saturated rings. The maximum absolute atomic E-state index is 14.4. The van der Waals surface area contributed by atoms with Crippen LogP contribution in [0.15, 0.2) is 53.4 Å². The zero-order valence-corrected chi connectivity index (χ0v) is 26.3. The molecule has 0 aliphatic carbocycles. The number of rotatable bonds is 13. The third kappa shape index (κ3) is 9.79. The Bertz CT molecular complexity index is 1450. The van der Waals surface area contributed by atoms with Crippen LogP contribution in [0.5, 0.6) is 0 Å². The van der Waals surface area contributed by atoms with Gasteiger partial charge in [-0.15, -0.1) is 0 Å². The molecule has 2 aromatic rings. The average Bonchev–Trinajstić information content (AvgIpc) is 2.87. The molecule has 3 atom stereocenters. The van der Waals surface area contributed by atoms with Crippen LogP contribution < -0.4 is 11.1 Å². The summed E-state index contributed by atoms with van der Waals surface area (Å²) < 4.78 is 91.5. The smallest absolute Gasteiger partial charge is 0.320 e. The first-order valence-corrected chi connectivity index (χ1v) is 18.0. The largest absolute Gasteiger partial charge is 0.407 e. The van der Waals surface area contributed by atoms with E-state index in [1.54, 1.807) is 20.1 Å². The topological polar surface area (TPSA) is 144 Å². The van der Waals surface area contributed by atoms with E-state index in [0.717, 1.165) is 6.26 Å². The SMILES string of the molecule is CSCC[C@H](N)C(=O)N(C(=O)[C@H](CC(C)C)N[C@@H](c1ccc(-c2ccc(S(C)(=O)=O)cc2)cc1)C(F)(F)F)S(C)(=O)=O. The number of hydrogen-bond acceptors (Lipinski definition) is 9. The molecule has 0 saturated carbocycles. The summed E-state index contributed by atoms with van der Waals surface area (Å²) in [7, 11) is -7.93. The van der Waals surface area contributed by atoms with Gasteiger partial charge in [-0.3, -0.25) is 14.9 Å². The Kier molecular flexibility index (Phi) is 12.2. The van der Waals surface area contributed by atoms with Crippen molar-refractivity contribution >= 4 is 43.4 Å². The number of sulfone groups is 1. The predicted molar refractivity (Wildman–Crippen MR) is 158 cm³/mol. The summed E-state index contributed by atoms with van der Waals surface area (Å²) in [5.74, 6) is -2.49. The van der Waals surface area contributed by atoms with E-state index in [-0.39, 0.29) is 33.5 Å². The normalized spacial score (nSPS) is 14.8. The highest BCUT2D eigenvalue weighted by Crippen LogP contribution is 2.35. The van der Waals surface area contributed by atoms with Crippen molar-refractivity contribution in [3.05, 3.63) is 54.1 Å². The monoisotopic (exact) mass is 651 g/mol. The first-order valence-electron chi connectivity index (χ1n) is 12.8. The van der Waals surface area contributed by atoms with Crippen LogP contribution in [-0.2, 0) is 29.4 Å². The zero-order chi connectivity index (χ0) is 32.0. The Hall–Kier alpha value is -2.46. The van der Waals surface area contributed by atoms with Gasteiger partial charge in [-0.25, -0.2) is 16.8 Å². The van der Waals surface area contributed by atoms with Crippen molar-refractivity contribution in [1.29, 1.82) is 0 Å². The highest BCUT2D eigenvalue weighted by molar-refractivity contribution is 7.98. The van der Waals surface area contributed by atoms with Gasteiger partial charge in [0.05, 0.1) is 23.2 Å². The van der Waals surface area contributed by atoms with Gasteiger partial charge in [0.1, 0.15) is 6.04 Å². The standard InChI is InChI=1S/C27H36F3N3O6S3/c1-17(2)16-23(26(35)33(42(5,38)39)25(34)22(31)14-15-40-3)32-24(27(28,29)30)20-8-6-18(7-9-20)19-10-12-21(13-11-19)41(4,36)37/h6-13,17,22-24,32H,14-16,31H2,1-5H3/t22-,23-,24-/m0/s1. The number of nitrogens with one attached hydrogen (secondary N) is 1. The van der Waals surface area contributed by atoms with Gasteiger partial charge in [-0.2, -0.15) is 29.2 Å². The number of nitrogens with two attached hydrogens (primary N) is 1. The van der Waals surface area contributed by atoms with Gasteiger partial charge in [0.25, 0.3) is 11.8 Å². The Morgan fingerprint density at radius 1 is 0.929 bits per heavy atom. The Morgan fingerprint density at radius 2 is 1.43 bits per heavy atom. The van der Waals surface area contributed by atoms with Gasteiger partial charge < -0.3 is 5.73 Å². The molecule has 42 heavy (non-hydrogen) atoms. The number of hydrogen-bond donors (Lipinski definition) is 2. The second-order valence-electron chi connectivity index (χ2n) is 10.3. The number of imide groups is 1. The Balaban J connectivity index is 2.46. The molecule has 0 bridgehead atoms. The molecule has 9 nitrogen and oxygen atoms in total. The van der Waals surface area contributed by atoms with Gasteiger partial charge in [-0.1, -0.05) is 50.2 Å². The van der Waals surface area contributed by atoms with Crippen LogP contribution in [0.2, 0.25) is 0 Å². The van der Waals surface area contributed by atoms with Crippen LogP contribution in [-0.4, -0.2) is 75.7 Å². The first kappa shape index (κ1) is 35.7. The Labute approximate surface area is 249 Å². The summed E-state index contributed by atoms with van der Waals surface area (Å²) in [4.78, 5) is 26.5. The van der Waals surface area contributed by atoms with Gasteiger partial charge in [0.2, 0.25) is 10.0 Å². The summed E-state index contributed by atoms with van der Waals surface area (Å²) in [5, 5.41) is 2.27. The highest BCUT2D eigenvalue weighted by Gasteiger charge is 2.45. The number of benzene rings is 2. The molecule has 234 valence electrons. The van der Waals surface area contributed by atoms with E-state index < -0.39 is 56.0 Å². The maximum atomic E-state index is 14.4. The average molecular weight is 652 g/mol. The van der Waals surface area contributed by atoms with Crippen LogP contribution >= 0.6 is 11.8 Å². The quantitative estimate of drug-likeness (QED) is 0.331. The summed E-state index contributed by atoms with van der Waals surface area (Å²) >= 11 is 1.35. The summed E-state index contributed by atoms with van der Waals surface area (Å²) in [6.45, 7) is 3.29. The highest BCUT2D eigenvalue weighted by atomic mass is 32.2. The van der Waals surface area contributed by atoms with Crippen LogP contribution in [0.4, 0.5) is 13.2 Å². The number of carbonyl (C=O) groups is 2. The molecule has 2 amide bonds. The van der Waals surface area contributed by atoms with Crippen molar-refractivity contribution in [3.8, 4) is 11.1 Å². The molecule has 2 aromatic carbocycles. The summed E-state index contributed by atoms with van der Waals surface area (Å²) in [6.07, 6.45) is -1.60. The molecule has 0 heterocycles. The minimum atomic E-state index is -4.90. The van der Waals surface area contributed by atoms with Crippen molar-refractivity contribution in [3.63, 3.8) is 0 Å². The molecule has 0 aromatic heterocycles. The number of nitrogens with zero attached hydrogens (tertiary/aromatic N) is 1. The summed E-state index contributed by atoms with van der Waals surface area (Å²) in [5.41, 5.74) is 6.67. The van der Waals surface area contributed by atoms with Crippen LogP contribution in [0, 0.1) is 5.92 Å². The molecule has 0 aliphatic rings. The van der Waals surface area contributed by atoms with Crippen molar-refractivity contribution in [1.82, 2.24) is 9.62 Å². The minimum Gasteiger partial charge on any atom is -0.320 e. The molecule has 0 unspecified atom stereocenters. The summed E-state index contributed by atoms with van der Waals surface area (Å²) in [6, 6.07) is 5.69. The number of thioether (sulfide) groups is 1. The molecule has 0 spiro atoms. The first-order chi connectivity index (χ1) is 19.3. The van der Waals surface area contributed by atoms with E-state index >= 15 is 0 Å². The second kappa shape index (κ2) is 14.3. The predicted octanol–water partition coefficient (Wildman–Crippen LogP) is 3.76. The fourth-order valence-electron chi connectivity index (χ4n) is 4.15. The number of amides is 2. The third-order valence-electron chi connectivity index (χ3n) is 6.24. The van der Waals surface area contributed by atoms with Crippen LogP contribution in [0.1, 0.15) is 38.3 Å². The third-order valence-corrected chi connectivity index (χ3v) is 9.04. The van der Waals surface area contributed by atoms with Crippen LogP contribution in [0.25, 0.3) is 11.1 Å². The van der Waals surface area contributed by atoms with Crippen LogP contribution in [0.3, 0.4) is 0 Å². The lowest BCUT2D eigenvalue weighted by atomic mass is 9.97. The molecule has 0 aliphatic heterocycles. The van der Waals surface area contributed by atoms with Gasteiger partial charge >= 0.3 is 6.18 Å². The number of alkyl halides is 3. The number of halogens is 3. The van der Waals surface area contributed by atoms with Gasteiger partial charge in [0.15, 0.2) is 9.84 Å². The van der Waals surface area contributed by atoms with E-state index in [4.69, 9.17) is 5.73 Å². The lowest BCUT2D eigenvalue weighted by Gasteiger charge is -2.31.